The summed E-state index contributed by atoms with van der Waals surface area (Å²) in [5.41, 5.74) is 1.00. The maximum Gasteiger partial charge on any atom is 0.230 e. The molecule has 0 aliphatic rings. The number of aliphatic hydroxyl groups is 1. The number of nitrogens with one attached hydrogen (secondary N) is 1. The van der Waals surface area contributed by atoms with Crippen molar-refractivity contribution in [1.82, 2.24) is 5.32 Å². The van der Waals surface area contributed by atoms with E-state index in [2.05, 4.69) is 5.32 Å². The van der Waals surface area contributed by atoms with Gasteiger partial charge in [-0.15, -0.1) is 11.8 Å². The molecular formula is C13H19NO3S. The van der Waals surface area contributed by atoms with Gasteiger partial charge in [0.15, 0.2) is 0 Å². The molecule has 1 amide bonds. The van der Waals surface area contributed by atoms with E-state index in [0.717, 1.165) is 11.3 Å². The van der Waals surface area contributed by atoms with Gasteiger partial charge in [-0.05, 0) is 17.7 Å². The quantitative estimate of drug-likeness (QED) is 0.786. The maximum absolute atomic E-state index is 11.5. The third-order valence-corrected chi connectivity index (χ3v) is 3.53. The zero-order valence-electron chi connectivity index (χ0n) is 10.7. The van der Waals surface area contributed by atoms with Crippen molar-refractivity contribution in [1.29, 1.82) is 0 Å². The normalized spacial score (nSPS) is 11.9. The molecule has 0 fully saturated rings. The van der Waals surface area contributed by atoms with Gasteiger partial charge >= 0.3 is 0 Å². The number of methoxy groups -OCH3 is 1. The van der Waals surface area contributed by atoms with Gasteiger partial charge < -0.3 is 15.2 Å². The van der Waals surface area contributed by atoms with Crippen LogP contribution in [0, 0.1) is 0 Å². The molecule has 1 rings (SSSR count). The molecule has 0 bridgehead atoms. The highest BCUT2D eigenvalue weighted by molar-refractivity contribution is 8.00. The van der Waals surface area contributed by atoms with Crippen molar-refractivity contribution < 1.29 is 14.6 Å². The molecule has 2 N–H and O–H groups in total. The Morgan fingerprint density at radius 3 is 3.00 bits per heavy atom. The number of hydrogen-bond donors (Lipinski definition) is 2. The number of benzene rings is 1. The van der Waals surface area contributed by atoms with Gasteiger partial charge in [0.1, 0.15) is 5.75 Å². The van der Waals surface area contributed by atoms with Crippen LogP contribution in [0.4, 0.5) is 0 Å². The number of rotatable bonds is 7. The predicted molar refractivity (Wildman–Crippen MR) is 73.8 cm³/mol. The summed E-state index contributed by atoms with van der Waals surface area (Å²) in [6, 6.07) is 7.59. The van der Waals surface area contributed by atoms with E-state index in [4.69, 9.17) is 9.84 Å². The number of amides is 1. The Kier molecular flexibility index (Phi) is 6.60. The Balaban J connectivity index is 2.33. The van der Waals surface area contributed by atoms with Crippen LogP contribution in [0.25, 0.3) is 0 Å². The summed E-state index contributed by atoms with van der Waals surface area (Å²) in [6.45, 7) is 2.47. The van der Waals surface area contributed by atoms with Crippen molar-refractivity contribution in [2.24, 2.45) is 0 Å². The fourth-order valence-electron chi connectivity index (χ4n) is 1.30. The second kappa shape index (κ2) is 8.00. The molecule has 0 saturated heterocycles. The lowest BCUT2D eigenvalue weighted by molar-refractivity contribution is -0.118. The number of carbonyl (C=O) groups is 1. The standard InChI is InChI=1S/C13H19NO3S/c1-10(8-15)18-9-13(16)14-7-11-4-3-5-12(6-11)17-2/h3-6,10,15H,7-9H2,1-2H3,(H,14,16). The molecule has 0 aliphatic heterocycles. The van der Waals surface area contributed by atoms with Gasteiger partial charge in [0, 0.05) is 11.8 Å². The van der Waals surface area contributed by atoms with E-state index < -0.39 is 0 Å². The highest BCUT2D eigenvalue weighted by Gasteiger charge is 2.06. The van der Waals surface area contributed by atoms with Gasteiger partial charge in [-0.1, -0.05) is 19.1 Å². The minimum Gasteiger partial charge on any atom is -0.497 e. The van der Waals surface area contributed by atoms with Crippen LogP contribution in [0.5, 0.6) is 5.75 Å². The number of thioether (sulfide) groups is 1. The van der Waals surface area contributed by atoms with Crippen LogP contribution in [0.3, 0.4) is 0 Å². The van der Waals surface area contributed by atoms with E-state index >= 15 is 0 Å². The number of aliphatic hydroxyl groups excluding tert-OH is 1. The minimum absolute atomic E-state index is 0.0249. The molecule has 4 nitrogen and oxygen atoms in total. The zero-order chi connectivity index (χ0) is 13.4. The highest BCUT2D eigenvalue weighted by atomic mass is 32.2. The summed E-state index contributed by atoms with van der Waals surface area (Å²) < 4.78 is 5.11. The Labute approximate surface area is 112 Å². The smallest absolute Gasteiger partial charge is 0.230 e. The predicted octanol–water partition coefficient (Wildman–Crippen LogP) is 1.43. The summed E-state index contributed by atoms with van der Waals surface area (Å²) in [7, 11) is 1.62. The van der Waals surface area contributed by atoms with E-state index in [0.29, 0.717) is 12.3 Å². The maximum atomic E-state index is 11.5. The highest BCUT2D eigenvalue weighted by Crippen LogP contribution is 2.12. The van der Waals surface area contributed by atoms with Gasteiger partial charge in [0.05, 0.1) is 19.5 Å². The summed E-state index contributed by atoms with van der Waals surface area (Å²) >= 11 is 1.44. The lowest BCUT2D eigenvalue weighted by Gasteiger charge is -2.09. The van der Waals surface area contributed by atoms with Crippen molar-refractivity contribution >= 4 is 17.7 Å². The second-order valence-electron chi connectivity index (χ2n) is 3.93. The van der Waals surface area contributed by atoms with Crippen LogP contribution >= 0.6 is 11.8 Å². The van der Waals surface area contributed by atoms with Gasteiger partial charge in [-0.25, -0.2) is 0 Å². The average molecular weight is 269 g/mol. The first-order valence-corrected chi connectivity index (χ1v) is 6.82. The molecule has 5 heteroatoms. The van der Waals surface area contributed by atoms with E-state index in [1.807, 2.05) is 31.2 Å². The second-order valence-corrected chi connectivity index (χ2v) is 5.36. The summed E-state index contributed by atoms with van der Waals surface area (Å²) in [4.78, 5) is 11.5. The molecule has 0 radical (unpaired) electrons. The Hall–Kier alpha value is -1.20. The molecule has 1 aromatic rings. The molecule has 0 heterocycles. The third-order valence-electron chi connectivity index (χ3n) is 2.38. The Morgan fingerprint density at radius 2 is 2.33 bits per heavy atom. The largest absolute Gasteiger partial charge is 0.497 e. The Morgan fingerprint density at radius 1 is 1.56 bits per heavy atom. The SMILES string of the molecule is COc1cccc(CNC(=O)CSC(C)CO)c1. The lowest BCUT2D eigenvalue weighted by atomic mass is 10.2. The van der Waals surface area contributed by atoms with Gasteiger partial charge in [-0.3, -0.25) is 4.79 Å². The van der Waals surface area contributed by atoms with Crippen molar-refractivity contribution in [3.05, 3.63) is 29.8 Å². The first-order valence-electron chi connectivity index (χ1n) is 5.77. The third kappa shape index (κ3) is 5.42. The molecule has 100 valence electrons. The molecular weight excluding hydrogens is 250 g/mol. The number of ether oxygens (including phenoxy) is 1. The van der Waals surface area contributed by atoms with E-state index in [1.54, 1.807) is 7.11 Å². The van der Waals surface area contributed by atoms with Crippen molar-refractivity contribution in [3.8, 4) is 5.75 Å². The van der Waals surface area contributed by atoms with Crippen LogP contribution in [0.15, 0.2) is 24.3 Å². The number of hydrogen-bond acceptors (Lipinski definition) is 4. The van der Waals surface area contributed by atoms with Gasteiger partial charge in [-0.2, -0.15) is 0 Å². The van der Waals surface area contributed by atoms with Crippen molar-refractivity contribution in [2.45, 2.75) is 18.7 Å². The molecule has 0 aliphatic carbocycles. The average Bonchev–Trinajstić information content (AvgIpc) is 2.42. The summed E-state index contributed by atoms with van der Waals surface area (Å²) in [6.07, 6.45) is 0. The molecule has 1 aromatic carbocycles. The zero-order valence-corrected chi connectivity index (χ0v) is 11.5. The number of carbonyl (C=O) groups excluding carboxylic acids is 1. The summed E-state index contributed by atoms with van der Waals surface area (Å²) in [5, 5.41) is 11.8. The topological polar surface area (TPSA) is 58.6 Å². The monoisotopic (exact) mass is 269 g/mol. The van der Waals surface area contributed by atoms with Crippen LogP contribution in [-0.4, -0.2) is 35.7 Å². The molecule has 1 unspecified atom stereocenters. The van der Waals surface area contributed by atoms with Crippen LogP contribution in [0.2, 0.25) is 0 Å². The summed E-state index contributed by atoms with van der Waals surface area (Å²) in [5.74, 6) is 1.12. The van der Waals surface area contributed by atoms with Gasteiger partial charge in [0.25, 0.3) is 0 Å². The lowest BCUT2D eigenvalue weighted by Crippen LogP contribution is -2.25. The van der Waals surface area contributed by atoms with E-state index in [1.165, 1.54) is 11.8 Å². The minimum atomic E-state index is -0.0249. The molecule has 0 spiro atoms. The fourth-order valence-corrected chi connectivity index (χ4v) is 1.95. The first-order chi connectivity index (χ1) is 8.65. The molecule has 1 atom stereocenters. The van der Waals surface area contributed by atoms with E-state index in [-0.39, 0.29) is 17.8 Å². The van der Waals surface area contributed by atoms with Crippen LogP contribution in [-0.2, 0) is 11.3 Å². The van der Waals surface area contributed by atoms with E-state index in [9.17, 15) is 4.79 Å². The first kappa shape index (κ1) is 14.9. The molecule has 0 aromatic heterocycles. The van der Waals surface area contributed by atoms with Crippen molar-refractivity contribution in [3.63, 3.8) is 0 Å². The van der Waals surface area contributed by atoms with Crippen LogP contribution in [0.1, 0.15) is 12.5 Å². The molecule has 18 heavy (non-hydrogen) atoms. The Bertz CT molecular complexity index is 384. The molecule has 0 saturated carbocycles. The fraction of sp³-hybridized carbons (Fsp3) is 0.462. The van der Waals surface area contributed by atoms with Crippen LogP contribution < -0.4 is 10.1 Å². The van der Waals surface area contributed by atoms with Gasteiger partial charge in [0.2, 0.25) is 5.91 Å². The van der Waals surface area contributed by atoms with Crippen molar-refractivity contribution in [2.75, 3.05) is 19.5 Å².